The van der Waals surface area contributed by atoms with E-state index in [1.807, 2.05) is 4.90 Å². The van der Waals surface area contributed by atoms with Crippen molar-refractivity contribution in [2.75, 3.05) is 24.5 Å². The van der Waals surface area contributed by atoms with Crippen molar-refractivity contribution in [3.63, 3.8) is 0 Å². The van der Waals surface area contributed by atoms with E-state index in [4.69, 9.17) is 0 Å². The van der Waals surface area contributed by atoms with Crippen LogP contribution in [0.4, 0.5) is 15.0 Å². The van der Waals surface area contributed by atoms with E-state index < -0.39 is 0 Å². The van der Waals surface area contributed by atoms with Crippen LogP contribution in [0.1, 0.15) is 6.42 Å². The molecule has 0 saturated carbocycles. The molecule has 1 unspecified atom stereocenters. The molecule has 1 aromatic heterocycles. The summed E-state index contributed by atoms with van der Waals surface area (Å²) >= 11 is 0. The highest BCUT2D eigenvalue weighted by Gasteiger charge is 2.38. The molecule has 2 saturated heterocycles. The predicted octanol–water partition coefficient (Wildman–Crippen LogP) is 0.351. The van der Waals surface area contributed by atoms with Gasteiger partial charge in [-0.15, -0.1) is 0 Å². The topological polar surface area (TPSA) is 65.5 Å². The summed E-state index contributed by atoms with van der Waals surface area (Å²) in [5.41, 5.74) is 0. The Balaban J connectivity index is 1.72. The van der Waals surface area contributed by atoms with Crippen molar-refractivity contribution in [3.8, 4) is 0 Å². The van der Waals surface area contributed by atoms with E-state index >= 15 is 0 Å². The van der Waals surface area contributed by atoms with Crippen LogP contribution in [0.5, 0.6) is 0 Å². The second-order valence-electron chi connectivity index (χ2n) is 4.65. The number of pyridine rings is 1. The number of hydrogen-bond donors (Lipinski definition) is 1. The van der Waals surface area contributed by atoms with Crippen LogP contribution in [0.15, 0.2) is 18.3 Å². The molecule has 1 atom stereocenters. The Morgan fingerprint density at radius 3 is 2.84 bits per heavy atom. The number of urea groups is 1. The second kappa shape index (κ2) is 4.49. The lowest BCUT2D eigenvalue weighted by atomic mass is 10.2. The van der Waals surface area contributed by atoms with Gasteiger partial charge in [-0.2, -0.15) is 0 Å². The van der Waals surface area contributed by atoms with Crippen LogP contribution in [-0.4, -0.2) is 47.5 Å². The number of rotatable bonds is 2. The normalized spacial score (nSPS) is 23.1. The van der Waals surface area contributed by atoms with Crippen LogP contribution in [0.2, 0.25) is 0 Å². The molecule has 1 N–H and O–H groups in total. The number of hydrogen-bond acceptors (Lipinski definition) is 4. The largest absolute Gasteiger partial charge is 0.354 e. The molecule has 2 aliphatic rings. The number of carbonyl (C=O) groups excluding carboxylic acids is 2. The van der Waals surface area contributed by atoms with Gasteiger partial charge in [0.05, 0.1) is 18.8 Å². The van der Waals surface area contributed by atoms with E-state index in [2.05, 4.69) is 10.3 Å². The first-order valence-electron chi connectivity index (χ1n) is 6.11. The smallest absolute Gasteiger partial charge is 0.324 e. The summed E-state index contributed by atoms with van der Waals surface area (Å²) in [6, 6.07) is 2.48. The third-order valence-corrected chi connectivity index (χ3v) is 3.44. The van der Waals surface area contributed by atoms with Gasteiger partial charge in [-0.25, -0.2) is 14.2 Å². The summed E-state index contributed by atoms with van der Waals surface area (Å²) in [5, 5.41) is 2.51. The maximum atomic E-state index is 12.8. The van der Waals surface area contributed by atoms with Crippen LogP contribution >= 0.6 is 0 Å². The molecule has 1 aromatic rings. The van der Waals surface area contributed by atoms with Gasteiger partial charge in [-0.1, -0.05) is 0 Å². The Labute approximate surface area is 109 Å². The molecule has 100 valence electrons. The highest BCUT2D eigenvalue weighted by molar-refractivity contribution is 6.02. The van der Waals surface area contributed by atoms with Gasteiger partial charge in [-0.05, 0) is 18.6 Å². The number of imide groups is 1. The summed E-state index contributed by atoms with van der Waals surface area (Å²) < 4.78 is 12.8. The zero-order valence-electron chi connectivity index (χ0n) is 10.2. The molecule has 0 aromatic carbocycles. The highest BCUT2D eigenvalue weighted by atomic mass is 19.1. The van der Waals surface area contributed by atoms with Gasteiger partial charge < -0.3 is 10.2 Å². The van der Waals surface area contributed by atoms with Gasteiger partial charge in [0.15, 0.2) is 0 Å². The van der Waals surface area contributed by atoms with Crippen molar-refractivity contribution in [3.05, 3.63) is 24.1 Å². The number of aromatic nitrogens is 1. The van der Waals surface area contributed by atoms with Crippen LogP contribution < -0.4 is 10.2 Å². The van der Waals surface area contributed by atoms with E-state index in [0.717, 1.165) is 6.20 Å². The van der Waals surface area contributed by atoms with Crippen LogP contribution in [0, 0.1) is 5.82 Å². The number of amides is 3. The maximum Gasteiger partial charge on any atom is 0.324 e. The van der Waals surface area contributed by atoms with Crippen molar-refractivity contribution >= 4 is 17.8 Å². The van der Waals surface area contributed by atoms with Crippen molar-refractivity contribution in [2.24, 2.45) is 0 Å². The fourth-order valence-electron chi connectivity index (χ4n) is 2.52. The molecule has 0 aliphatic carbocycles. The quantitative estimate of drug-likeness (QED) is 0.783. The highest BCUT2D eigenvalue weighted by Crippen LogP contribution is 2.22. The number of anilines is 1. The van der Waals surface area contributed by atoms with E-state index in [9.17, 15) is 14.0 Å². The van der Waals surface area contributed by atoms with Crippen molar-refractivity contribution in [1.82, 2.24) is 15.2 Å². The monoisotopic (exact) mass is 264 g/mol. The molecule has 3 heterocycles. The first kappa shape index (κ1) is 11.9. The van der Waals surface area contributed by atoms with E-state index in [-0.39, 0.29) is 30.3 Å². The first-order chi connectivity index (χ1) is 9.15. The van der Waals surface area contributed by atoms with E-state index in [1.165, 1.54) is 11.0 Å². The molecular formula is C12H13FN4O2. The molecule has 2 fully saturated rings. The molecule has 6 nitrogen and oxygen atoms in total. The minimum Gasteiger partial charge on any atom is -0.354 e. The molecule has 0 radical (unpaired) electrons. The minimum atomic E-state index is -0.381. The molecule has 0 bridgehead atoms. The zero-order chi connectivity index (χ0) is 13.4. The predicted molar refractivity (Wildman–Crippen MR) is 65.1 cm³/mol. The number of carbonyl (C=O) groups is 2. The summed E-state index contributed by atoms with van der Waals surface area (Å²) in [6.45, 7) is 1.31. The lowest BCUT2D eigenvalue weighted by molar-refractivity contribution is -0.126. The molecule has 3 rings (SSSR count). The van der Waals surface area contributed by atoms with Crippen molar-refractivity contribution < 1.29 is 14.0 Å². The van der Waals surface area contributed by atoms with E-state index in [0.29, 0.717) is 25.3 Å². The summed E-state index contributed by atoms with van der Waals surface area (Å²) in [6.07, 6.45) is 1.87. The van der Waals surface area contributed by atoms with Crippen LogP contribution in [0.25, 0.3) is 0 Å². The first-order valence-corrected chi connectivity index (χ1v) is 6.11. The molecule has 7 heteroatoms. The number of nitrogens with zero attached hydrogens (tertiary/aromatic N) is 3. The molecular weight excluding hydrogens is 251 g/mol. The van der Waals surface area contributed by atoms with Crippen LogP contribution in [-0.2, 0) is 4.79 Å². The van der Waals surface area contributed by atoms with Gasteiger partial charge in [-0.3, -0.25) is 9.69 Å². The average molecular weight is 264 g/mol. The second-order valence-corrected chi connectivity index (χ2v) is 4.65. The van der Waals surface area contributed by atoms with Crippen LogP contribution in [0.3, 0.4) is 0 Å². The Hall–Kier alpha value is -2.18. The van der Waals surface area contributed by atoms with Gasteiger partial charge in [0.1, 0.15) is 11.6 Å². The summed E-state index contributed by atoms with van der Waals surface area (Å²) in [5.74, 6) is 0.0912. The third kappa shape index (κ3) is 2.11. The maximum absolute atomic E-state index is 12.8. The fourth-order valence-corrected chi connectivity index (χ4v) is 2.52. The van der Waals surface area contributed by atoms with Gasteiger partial charge in [0, 0.05) is 13.1 Å². The number of nitrogens with one attached hydrogen (secondary N) is 1. The van der Waals surface area contributed by atoms with Gasteiger partial charge in [0.2, 0.25) is 5.91 Å². The minimum absolute atomic E-state index is 0.0735. The van der Waals surface area contributed by atoms with Crippen molar-refractivity contribution in [2.45, 2.75) is 12.5 Å². The summed E-state index contributed by atoms with van der Waals surface area (Å²) in [4.78, 5) is 30.4. The van der Waals surface area contributed by atoms with E-state index in [1.54, 1.807) is 6.07 Å². The molecule has 19 heavy (non-hydrogen) atoms. The molecule has 0 spiro atoms. The van der Waals surface area contributed by atoms with Crippen molar-refractivity contribution in [1.29, 1.82) is 0 Å². The fraction of sp³-hybridized carbons (Fsp3) is 0.417. The zero-order valence-corrected chi connectivity index (χ0v) is 10.2. The number of halogens is 1. The van der Waals surface area contributed by atoms with Gasteiger partial charge >= 0.3 is 6.03 Å². The SMILES string of the molecule is O=C1CNC(=O)N1C1CCN(c2ccc(F)cn2)C1. The Kier molecular flexibility index (Phi) is 2.81. The van der Waals surface area contributed by atoms with Gasteiger partial charge in [0.25, 0.3) is 0 Å². The molecule has 2 aliphatic heterocycles. The lowest BCUT2D eigenvalue weighted by Gasteiger charge is -2.21. The third-order valence-electron chi connectivity index (χ3n) is 3.44. The lowest BCUT2D eigenvalue weighted by Crippen LogP contribution is -2.42. The standard InChI is InChI=1S/C12H13FN4O2/c13-8-1-2-10(14-5-8)16-4-3-9(7-16)17-11(18)6-15-12(17)19/h1-2,5,9H,3-4,6-7H2,(H,15,19). The Morgan fingerprint density at radius 2 is 2.21 bits per heavy atom. The molecule has 3 amide bonds. The average Bonchev–Trinajstić information content (AvgIpc) is 2.98. The summed E-state index contributed by atoms with van der Waals surface area (Å²) in [7, 11) is 0. The Bertz CT molecular complexity index is 503. The Morgan fingerprint density at radius 1 is 1.37 bits per heavy atom.